The Morgan fingerprint density at radius 1 is 1.26 bits per heavy atom. The fourth-order valence-electron chi connectivity index (χ4n) is 5.08. The minimum Gasteiger partial charge on any atom is -0.391 e. The van der Waals surface area contributed by atoms with Crippen LogP contribution in [0.4, 0.5) is 18.9 Å². The molecule has 0 radical (unpaired) electrons. The SMILES string of the molecule is Cc1c(N2CCC(c3nc4c(s3)CCCC4=NOCc3cccc(Cl)c3)CC2)c(C(F)(F)F)nn1CC=O. The Balaban J connectivity index is 1.28. The van der Waals surface area contributed by atoms with Gasteiger partial charge in [0.05, 0.1) is 22.9 Å². The second-order valence-corrected chi connectivity index (χ2v) is 11.1. The van der Waals surface area contributed by atoms with Gasteiger partial charge in [-0.3, -0.25) is 4.68 Å². The van der Waals surface area contributed by atoms with Crippen LogP contribution in [0.5, 0.6) is 0 Å². The van der Waals surface area contributed by atoms with E-state index >= 15 is 0 Å². The molecule has 1 aliphatic heterocycles. The van der Waals surface area contributed by atoms with Crippen LogP contribution in [-0.2, 0) is 35.4 Å². The number of aldehydes is 1. The van der Waals surface area contributed by atoms with Gasteiger partial charge in [-0.2, -0.15) is 18.3 Å². The molecule has 0 N–H and O–H groups in total. The van der Waals surface area contributed by atoms with Crippen LogP contribution in [0.15, 0.2) is 29.4 Å². The van der Waals surface area contributed by atoms with Gasteiger partial charge in [0.25, 0.3) is 0 Å². The quantitative estimate of drug-likeness (QED) is 0.253. The Kier molecular flexibility index (Phi) is 7.76. The van der Waals surface area contributed by atoms with Gasteiger partial charge in [-0.1, -0.05) is 28.9 Å². The number of piperidine rings is 1. The zero-order chi connectivity index (χ0) is 26.9. The van der Waals surface area contributed by atoms with Crippen molar-refractivity contribution in [2.45, 2.75) is 64.3 Å². The fourth-order valence-corrected chi connectivity index (χ4v) is 6.59. The molecule has 2 aliphatic rings. The summed E-state index contributed by atoms with van der Waals surface area (Å²) in [6, 6.07) is 7.45. The molecular weight excluding hydrogens is 539 g/mol. The van der Waals surface area contributed by atoms with Crippen molar-refractivity contribution in [1.82, 2.24) is 14.8 Å². The van der Waals surface area contributed by atoms with Crippen LogP contribution in [0, 0.1) is 6.92 Å². The number of halogens is 4. The van der Waals surface area contributed by atoms with Crippen molar-refractivity contribution in [3.63, 3.8) is 0 Å². The highest BCUT2D eigenvalue weighted by atomic mass is 35.5. The van der Waals surface area contributed by atoms with Crippen molar-refractivity contribution in [3.05, 3.63) is 61.8 Å². The Hall–Kier alpha value is -2.92. The highest BCUT2D eigenvalue weighted by Crippen LogP contribution is 2.41. The second kappa shape index (κ2) is 11.1. The van der Waals surface area contributed by atoms with E-state index in [1.807, 2.05) is 24.3 Å². The maximum absolute atomic E-state index is 13.7. The van der Waals surface area contributed by atoms with E-state index in [9.17, 15) is 18.0 Å². The maximum Gasteiger partial charge on any atom is 0.437 e. The number of fused-ring (bicyclic) bond motifs is 1. The Labute approximate surface area is 227 Å². The van der Waals surface area contributed by atoms with Crippen molar-refractivity contribution in [1.29, 1.82) is 0 Å². The van der Waals surface area contributed by atoms with Crippen molar-refractivity contribution in [3.8, 4) is 0 Å². The molecule has 202 valence electrons. The monoisotopic (exact) mass is 565 g/mol. The summed E-state index contributed by atoms with van der Waals surface area (Å²) in [6.45, 7) is 2.60. The topological polar surface area (TPSA) is 72.6 Å². The molecular formula is C26H27ClF3N5O2S. The second-order valence-electron chi connectivity index (χ2n) is 9.51. The average Bonchev–Trinajstić information content (AvgIpc) is 3.47. The van der Waals surface area contributed by atoms with E-state index in [1.54, 1.807) is 23.2 Å². The van der Waals surface area contributed by atoms with Crippen LogP contribution in [0.1, 0.15) is 64.1 Å². The molecule has 0 atom stereocenters. The Bertz CT molecular complexity index is 1350. The number of alkyl halides is 3. The van der Waals surface area contributed by atoms with E-state index < -0.39 is 11.9 Å². The van der Waals surface area contributed by atoms with Crippen LogP contribution in [0.3, 0.4) is 0 Å². The Morgan fingerprint density at radius 3 is 2.76 bits per heavy atom. The number of hydrogen-bond acceptors (Lipinski definition) is 7. The van der Waals surface area contributed by atoms with Crippen LogP contribution in [0.25, 0.3) is 0 Å². The number of benzene rings is 1. The summed E-state index contributed by atoms with van der Waals surface area (Å²) >= 11 is 7.72. The first-order valence-electron chi connectivity index (χ1n) is 12.5. The normalized spacial score (nSPS) is 17.6. The minimum absolute atomic E-state index is 0.0718. The number of carbonyl (C=O) groups is 1. The van der Waals surface area contributed by atoms with Gasteiger partial charge in [0, 0.05) is 28.9 Å². The van der Waals surface area contributed by atoms with Crippen molar-refractivity contribution >= 4 is 40.6 Å². The van der Waals surface area contributed by atoms with Gasteiger partial charge in [0.2, 0.25) is 0 Å². The van der Waals surface area contributed by atoms with E-state index in [4.69, 9.17) is 21.4 Å². The van der Waals surface area contributed by atoms with Crippen LogP contribution in [-0.4, -0.2) is 39.9 Å². The molecule has 0 bridgehead atoms. The van der Waals surface area contributed by atoms with Crippen molar-refractivity contribution < 1.29 is 22.8 Å². The molecule has 3 heterocycles. The number of rotatable bonds is 7. The molecule has 2 aromatic heterocycles. The predicted octanol–water partition coefficient (Wildman–Crippen LogP) is 6.16. The van der Waals surface area contributed by atoms with Gasteiger partial charge in [-0.25, -0.2) is 4.98 Å². The third kappa shape index (κ3) is 5.58. The zero-order valence-electron chi connectivity index (χ0n) is 20.8. The molecule has 0 amide bonds. The predicted molar refractivity (Wildman–Crippen MR) is 140 cm³/mol. The first-order chi connectivity index (χ1) is 18.2. The van der Waals surface area contributed by atoms with E-state index in [-0.39, 0.29) is 18.2 Å². The van der Waals surface area contributed by atoms with E-state index in [1.165, 1.54) is 4.88 Å². The molecule has 38 heavy (non-hydrogen) atoms. The summed E-state index contributed by atoms with van der Waals surface area (Å²) in [7, 11) is 0. The number of nitrogens with zero attached hydrogens (tertiary/aromatic N) is 5. The molecule has 1 fully saturated rings. The smallest absolute Gasteiger partial charge is 0.391 e. The minimum atomic E-state index is -4.59. The fraction of sp³-hybridized carbons (Fsp3) is 0.462. The third-order valence-corrected chi connectivity index (χ3v) is 8.46. The van der Waals surface area contributed by atoms with Gasteiger partial charge in [-0.05, 0) is 56.7 Å². The number of oxime groups is 1. The van der Waals surface area contributed by atoms with Crippen LogP contribution >= 0.6 is 22.9 Å². The number of aromatic nitrogens is 3. The van der Waals surface area contributed by atoms with E-state index in [2.05, 4.69) is 10.3 Å². The highest BCUT2D eigenvalue weighted by Gasteiger charge is 2.41. The highest BCUT2D eigenvalue weighted by molar-refractivity contribution is 7.12. The van der Waals surface area contributed by atoms with Crippen LogP contribution in [0.2, 0.25) is 5.02 Å². The van der Waals surface area contributed by atoms with Gasteiger partial charge < -0.3 is 14.5 Å². The summed E-state index contributed by atoms with van der Waals surface area (Å²) in [5, 5.41) is 9.74. The first kappa shape index (κ1) is 26.7. The number of aryl methyl sites for hydroxylation is 1. The van der Waals surface area contributed by atoms with Gasteiger partial charge in [0.15, 0.2) is 5.69 Å². The van der Waals surface area contributed by atoms with Gasteiger partial charge in [-0.15, -0.1) is 11.3 Å². The molecule has 0 saturated carbocycles. The molecule has 0 spiro atoms. The lowest BCUT2D eigenvalue weighted by Gasteiger charge is -2.33. The zero-order valence-corrected chi connectivity index (χ0v) is 22.4. The number of anilines is 1. The van der Waals surface area contributed by atoms with Gasteiger partial charge in [0.1, 0.15) is 24.3 Å². The summed E-state index contributed by atoms with van der Waals surface area (Å²) in [6.07, 6.45) is 0.0120. The van der Waals surface area contributed by atoms with E-state index in [0.717, 1.165) is 45.9 Å². The van der Waals surface area contributed by atoms with Crippen molar-refractivity contribution in [2.75, 3.05) is 18.0 Å². The lowest BCUT2D eigenvalue weighted by Crippen LogP contribution is -2.34. The summed E-state index contributed by atoms with van der Waals surface area (Å²) < 4.78 is 42.3. The average molecular weight is 566 g/mol. The van der Waals surface area contributed by atoms with Crippen molar-refractivity contribution in [2.24, 2.45) is 5.16 Å². The Morgan fingerprint density at radius 2 is 2.05 bits per heavy atom. The summed E-state index contributed by atoms with van der Waals surface area (Å²) in [5.41, 5.74) is 2.15. The molecule has 3 aromatic rings. The molecule has 1 aliphatic carbocycles. The summed E-state index contributed by atoms with van der Waals surface area (Å²) in [5.74, 6) is 0.162. The molecule has 7 nitrogen and oxygen atoms in total. The number of thiazole rings is 1. The van der Waals surface area contributed by atoms with E-state index in [0.29, 0.717) is 49.5 Å². The lowest BCUT2D eigenvalue weighted by atomic mass is 9.96. The lowest BCUT2D eigenvalue weighted by molar-refractivity contribution is -0.141. The molecule has 1 saturated heterocycles. The maximum atomic E-state index is 13.7. The first-order valence-corrected chi connectivity index (χ1v) is 13.7. The van der Waals surface area contributed by atoms with Crippen LogP contribution < -0.4 is 4.90 Å². The molecule has 0 unspecified atom stereocenters. The number of hydrogen-bond donors (Lipinski definition) is 0. The molecule has 12 heteroatoms. The molecule has 1 aromatic carbocycles. The summed E-state index contributed by atoms with van der Waals surface area (Å²) in [4.78, 5) is 24.4. The standard InChI is InChI=1S/C26H27ClF3N5O2S/c1-16-23(24(26(28,29)30)32-35(16)12-13-36)34-10-8-18(9-11-34)25-31-22-20(6-3-7-21(22)38-25)33-37-15-17-4-2-5-19(27)14-17/h2,4-5,13-14,18H,3,6-12,15H2,1H3. The third-order valence-electron chi connectivity index (χ3n) is 6.95. The van der Waals surface area contributed by atoms with Gasteiger partial charge >= 0.3 is 6.18 Å². The number of carbonyl (C=O) groups excluding carboxylic acids is 1. The molecule has 5 rings (SSSR count). The largest absolute Gasteiger partial charge is 0.437 e.